The highest BCUT2D eigenvalue weighted by Crippen LogP contribution is 2.44. The minimum absolute atomic E-state index is 0.138. The third-order valence-electron chi connectivity index (χ3n) is 4.32. The number of rotatable bonds is 4. The van der Waals surface area contributed by atoms with Gasteiger partial charge in [-0.05, 0) is 38.3 Å². The van der Waals surface area contributed by atoms with Crippen LogP contribution in [-0.4, -0.2) is 12.9 Å². The monoisotopic (exact) mass is 246 g/mol. The zero-order valence-corrected chi connectivity index (χ0v) is 11.6. The largest absolute Gasteiger partial charge is 0.496 e. The van der Waals surface area contributed by atoms with Gasteiger partial charge in [-0.15, -0.1) is 0 Å². The van der Waals surface area contributed by atoms with E-state index >= 15 is 0 Å². The minimum atomic E-state index is -0.138. The number of aryl methyl sites for hydroxylation is 1. The molecule has 0 atom stereocenters. The van der Waals surface area contributed by atoms with E-state index in [1.54, 1.807) is 7.11 Å². The number of methoxy groups -OCH3 is 1. The highest BCUT2D eigenvalue weighted by Gasteiger charge is 2.40. The van der Waals surface area contributed by atoms with Crippen molar-refractivity contribution in [1.29, 1.82) is 0 Å². The van der Waals surface area contributed by atoms with Crippen molar-refractivity contribution in [2.75, 3.05) is 7.11 Å². The second kappa shape index (κ2) is 5.13. The Morgan fingerprint density at radius 2 is 2.00 bits per heavy atom. The molecule has 1 aliphatic rings. The van der Waals surface area contributed by atoms with Crippen molar-refractivity contribution >= 4 is 5.78 Å². The molecule has 0 heterocycles. The maximum atomic E-state index is 12.9. The molecule has 0 saturated heterocycles. The standard InChI is InChI=1S/C16H22O2/c1-4-16(9-5-6-10-16)15(17)13-11-12(2)7-8-14(13)18-3/h7-8,11H,4-6,9-10H2,1-3H3. The first-order valence-corrected chi connectivity index (χ1v) is 6.82. The van der Waals surface area contributed by atoms with Crippen LogP contribution in [0.1, 0.15) is 54.9 Å². The van der Waals surface area contributed by atoms with E-state index in [1.165, 1.54) is 12.8 Å². The maximum Gasteiger partial charge on any atom is 0.172 e. The molecule has 0 aromatic heterocycles. The van der Waals surface area contributed by atoms with Crippen molar-refractivity contribution in [3.63, 3.8) is 0 Å². The first-order chi connectivity index (χ1) is 8.63. The van der Waals surface area contributed by atoms with Gasteiger partial charge in [0, 0.05) is 5.41 Å². The number of Topliss-reactive ketones (excluding diaryl/α,β-unsaturated/α-hetero) is 1. The average Bonchev–Trinajstić information content (AvgIpc) is 2.87. The molecule has 0 unspecified atom stereocenters. The van der Waals surface area contributed by atoms with Crippen molar-refractivity contribution in [1.82, 2.24) is 0 Å². The van der Waals surface area contributed by atoms with Crippen LogP contribution >= 0.6 is 0 Å². The van der Waals surface area contributed by atoms with Crippen LogP contribution < -0.4 is 4.74 Å². The zero-order chi connectivity index (χ0) is 13.2. The molecule has 1 aromatic rings. The SMILES string of the molecule is CCC1(C(=O)c2cc(C)ccc2OC)CCCC1. The number of benzene rings is 1. The predicted octanol–water partition coefficient (Wildman–Crippen LogP) is 4.16. The summed E-state index contributed by atoms with van der Waals surface area (Å²) in [6.45, 7) is 4.15. The Morgan fingerprint density at radius 3 is 2.56 bits per heavy atom. The van der Waals surface area contributed by atoms with Crippen LogP contribution in [-0.2, 0) is 0 Å². The molecule has 0 amide bonds. The topological polar surface area (TPSA) is 26.3 Å². The van der Waals surface area contributed by atoms with Crippen LogP contribution in [0.2, 0.25) is 0 Å². The summed E-state index contributed by atoms with van der Waals surface area (Å²) in [5.74, 6) is 0.994. The van der Waals surface area contributed by atoms with E-state index in [2.05, 4.69) is 6.92 Å². The van der Waals surface area contributed by atoms with Gasteiger partial charge in [-0.25, -0.2) is 0 Å². The summed E-state index contributed by atoms with van der Waals surface area (Å²) in [7, 11) is 1.63. The molecule has 18 heavy (non-hydrogen) atoms. The van der Waals surface area contributed by atoms with Gasteiger partial charge in [0.2, 0.25) is 0 Å². The number of hydrogen-bond donors (Lipinski definition) is 0. The Bertz CT molecular complexity index is 442. The molecule has 0 spiro atoms. The van der Waals surface area contributed by atoms with Gasteiger partial charge >= 0.3 is 0 Å². The molecule has 1 aromatic carbocycles. The summed E-state index contributed by atoms with van der Waals surface area (Å²) >= 11 is 0. The van der Waals surface area contributed by atoms with Gasteiger partial charge in [0.05, 0.1) is 12.7 Å². The van der Waals surface area contributed by atoms with E-state index in [1.807, 2.05) is 25.1 Å². The van der Waals surface area contributed by atoms with E-state index in [9.17, 15) is 4.79 Å². The molecule has 0 aliphatic heterocycles. The van der Waals surface area contributed by atoms with E-state index in [-0.39, 0.29) is 11.2 Å². The molecule has 0 bridgehead atoms. The van der Waals surface area contributed by atoms with Gasteiger partial charge in [-0.2, -0.15) is 0 Å². The number of ketones is 1. The van der Waals surface area contributed by atoms with E-state index < -0.39 is 0 Å². The average molecular weight is 246 g/mol. The van der Waals surface area contributed by atoms with Gasteiger partial charge in [0.1, 0.15) is 5.75 Å². The quantitative estimate of drug-likeness (QED) is 0.746. The fourth-order valence-electron chi connectivity index (χ4n) is 3.08. The first kappa shape index (κ1) is 13.1. The molecular weight excluding hydrogens is 224 g/mol. The Balaban J connectivity index is 2.41. The summed E-state index contributed by atoms with van der Waals surface area (Å²) in [5.41, 5.74) is 1.74. The van der Waals surface area contributed by atoms with Gasteiger partial charge in [-0.1, -0.05) is 31.4 Å². The summed E-state index contributed by atoms with van der Waals surface area (Å²) < 4.78 is 5.35. The predicted molar refractivity (Wildman–Crippen MR) is 73.3 cm³/mol. The summed E-state index contributed by atoms with van der Waals surface area (Å²) in [6.07, 6.45) is 5.34. The van der Waals surface area contributed by atoms with Crippen LogP contribution in [0.4, 0.5) is 0 Å². The van der Waals surface area contributed by atoms with Crippen molar-refractivity contribution in [2.45, 2.75) is 46.0 Å². The van der Waals surface area contributed by atoms with E-state index in [0.717, 1.165) is 30.4 Å². The van der Waals surface area contributed by atoms with E-state index in [4.69, 9.17) is 4.74 Å². The summed E-state index contributed by atoms with van der Waals surface area (Å²) in [6, 6.07) is 5.86. The lowest BCUT2D eigenvalue weighted by atomic mass is 9.76. The summed E-state index contributed by atoms with van der Waals surface area (Å²) in [4.78, 5) is 12.9. The fraction of sp³-hybridized carbons (Fsp3) is 0.562. The Hall–Kier alpha value is -1.31. The highest BCUT2D eigenvalue weighted by molar-refractivity contribution is 6.03. The second-order valence-electron chi connectivity index (χ2n) is 5.37. The molecule has 0 N–H and O–H groups in total. The lowest BCUT2D eigenvalue weighted by molar-refractivity contribution is 0.0788. The van der Waals surface area contributed by atoms with Crippen molar-refractivity contribution in [3.05, 3.63) is 29.3 Å². The third-order valence-corrected chi connectivity index (χ3v) is 4.32. The van der Waals surface area contributed by atoms with Gasteiger partial charge in [0.25, 0.3) is 0 Å². The molecule has 1 saturated carbocycles. The second-order valence-corrected chi connectivity index (χ2v) is 5.37. The normalized spacial score (nSPS) is 17.7. The van der Waals surface area contributed by atoms with Crippen LogP contribution in [0, 0.1) is 12.3 Å². The van der Waals surface area contributed by atoms with Crippen molar-refractivity contribution in [3.8, 4) is 5.75 Å². The molecule has 2 heteroatoms. The van der Waals surface area contributed by atoms with Gasteiger partial charge < -0.3 is 4.74 Å². The highest BCUT2D eigenvalue weighted by atomic mass is 16.5. The van der Waals surface area contributed by atoms with Gasteiger partial charge in [-0.3, -0.25) is 4.79 Å². The Labute approximate surface area is 109 Å². The van der Waals surface area contributed by atoms with Gasteiger partial charge in [0.15, 0.2) is 5.78 Å². The van der Waals surface area contributed by atoms with Crippen molar-refractivity contribution in [2.24, 2.45) is 5.41 Å². The first-order valence-electron chi connectivity index (χ1n) is 6.82. The molecule has 0 radical (unpaired) electrons. The van der Waals surface area contributed by atoms with Crippen LogP contribution in [0.3, 0.4) is 0 Å². The maximum absolute atomic E-state index is 12.9. The van der Waals surface area contributed by atoms with Crippen LogP contribution in [0.25, 0.3) is 0 Å². The lowest BCUT2D eigenvalue weighted by Gasteiger charge is -2.26. The molecule has 2 rings (SSSR count). The minimum Gasteiger partial charge on any atom is -0.496 e. The number of carbonyl (C=O) groups is 1. The fourth-order valence-corrected chi connectivity index (χ4v) is 3.08. The molecule has 2 nitrogen and oxygen atoms in total. The lowest BCUT2D eigenvalue weighted by Crippen LogP contribution is -2.27. The number of carbonyl (C=O) groups excluding carboxylic acids is 1. The third kappa shape index (κ3) is 2.16. The molecule has 1 fully saturated rings. The Kier molecular flexibility index (Phi) is 3.74. The Morgan fingerprint density at radius 1 is 1.33 bits per heavy atom. The zero-order valence-electron chi connectivity index (χ0n) is 11.6. The smallest absolute Gasteiger partial charge is 0.172 e. The van der Waals surface area contributed by atoms with Crippen LogP contribution in [0.15, 0.2) is 18.2 Å². The van der Waals surface area contributed by atoms with Crippen molar-refractivity contribution < 1.29 is 9.53 Å². The summed E-state index contributed by atoms with van der Waals surface area (Å²) in [5, 5.41) is 0. The van der Waals surface area contributed by atoms with E-state index in [0.29, 0.717) is 5.75 Å². The molecular formula is C16H22O2. The molecule has 98 valence electrons. The number of hydrogen-bond acceptors (Lipinski definition) is 2. The molecule has 1 aliphatic carbocycles. The number of ether oxygens (including phenoxy) is 1. The van der Waals surface area contributed by atoms with Crippen LogP contribution in [0.5, 0.6) is 5.75 Å².